The third kappa shape index (κ3) is 3.28. The number of hydrogen-bond donors (Lipinski definition) is 1. The molecule has 1 amide bonds. The van der Waals surface area contributed by atoms with Gasteiger partial charge >= 0.3 is 5.91 Å². The number of rotatable bonds is 4. The van der Waals surface area contributed by atoms with Crippen molar-refractivity contribution in [2.45, 2.75) is 12.1 Å². The van der Waals surface area contributed by atoms with Crippen molar-refractivity contribution in [3.63, 3.8) is 0 Å². The molecule has 0 saturated carbocycles. The Morgan fingerprint density at radius 1 is 1.25 bits per heavy atom. The van der Waals surface area contributed by atoms with Gasteiger partial charge in [-0.05, 0) is 43.5 Å². The van der Waals surface area contributed by atoms with Crippen LogP contribution in [0, 0.1) is 6.92 Å². The Hall–Kier alpha value is -1.96. The molecule has 0 aliphatic carbocycles. The molecule has 0 saturated heterocycles. The summed E-state index contributed by atoms with van der Waals surface area (Å²) in [4.78, 5) is 12.4. The lowest BCUT2D eigenvalue weighted by Crippen LogP contribution is -2.24. The summed E-state index contributed by atoms with van der Waals surface area (Å²) < 4.78 is 7.12. The molecule has 0 unspecified atom stereocenters. The molecule has 0 bridgehead atoms. The molecule has 124 valence electrons. The normalized spacial score (nSPS) is 10.8. The fraction of sp³-hybridized carbons (Fsp3) is 0.133. The summed E-state index contributed by atoms with van der Waals surface area (Å²) in [5.74, 6) is 0.785. The van der Waals surface area contributed by atoms with Crippen LogP contribution in [0.4, 0.5) is 0 Å². The lowest BCUT2D eigenvalue weighted by atomic mass is 10.2. The highest BCUT2D eigenvalue weighted by atomic mass is 35.5. The monoisotopic (exact) mass is 382 g/mol. The topological polar surface area (TPSA) is 73.0 Å². The van der Waals surface area contributed by atoms with Crippen LogP contribution in [0.1, 0.15) is 16.4 Å². The SMILES string of the molecule is CSc1nnc(C)n1NC(=O)c1ccc(-c2ccc(Cl)cc2Cl)o1. The summed E-state index contributed by atoms with van der Waals surface area (Å²) in [6.07, 6.45) is 1.85. The van der Waals surface area contributed by atoms with Gasteiger partial charge < -0.3 is 4.42 Å². The zero-order valence-electron chi connectivity index (χ0n) is 12.7. The fourth-order valence-electron chi connectivity index (χ4n) is 2.05. The van der Waals surface area contributed by atoms with E-state index in [1.807, 2.05) is 6.26 Å². The molecule has 9 heteroatoms. The van der Waals surface area contributed by atoms with Crippen molar-refractivity contribution in [1.82, 2.24) is 14.9 Å². The lowest BCUT2D eigenvalue weighted by molar-refractivity contribution is 0.0980. The first kappa shape index (κ1) is 16.9. The van der Waals surface area contributed by atoms with E-state index in [4.69, 9.17) is 27.6 Å². The number of nitrogens with one attached hydrogen (secondary N) is 1. The Bertz CT molecular complexity index is 907. The summed E-state index contributed by atoms with van der Waals surface area (Å²) in [6.45, 7) is 1.74. The molecule has 0 radical (unpaired) electrons. The number of hydrogen-bond acceptors (Lipinski definition) is 5. The average molecular weight is 383 g/mol. The lowest BCUT2D eigenvalue weighted by Gasteiger charge is -2.07. The minimum Gasteiger partial charge on any atom is -0.451 e. The molecule has 0 spiro atoms. The predicted molar refractivity (Wildman–Crippen MR) is 94.4 cm³/mol. The van der Waals surface area contributed by atoms with E-state index in [1.54, 1.807) is 37.3 Å². The van der Waals surface area contributed by atoms with Gasteiger partial charge in [0.1, 0.15) is 11.6 Å². The van der Waals surface area contributed by atoms with Gasteiger partial charge in [0.05, 0.1) is 5.02 Å². The van der Waals surface area contributed by atoms with Crippen molar-refractivity contribution in [3.8, 4) is 11.3 Å². The van der Waals surface area contributed by atoms with Crippen molar-refractivity contribution in [1.29, 1.82) is 0 Å². The number of carbonyl (C=O) groups excluding carboxylic acids is 1. The van der Waals surface area contributed by atoms with Crippen LogP contribution in [0.25, 0.3) is 11.3 Å². The van der Waals surface area contributed by atoms with Crippen molar-refractivity contribution >= 4 is 40.9 Å². The summed E-state index contributed by atoms with van der Waals surface area (Å²) in [7, 11) is 0. The van der Waals surface area contributed by atoms with Crippen LogP contribution < -0.4 is 5.43 Å². The van der Waals surface area contributed by atoms with Crippen LogP contribution in [0.15, 0.2) is 39.9 Å². The summed E-state index contributed by atoms with van der Waals surface area (Å²) in [5, 5.41) is 9.43. The first-order valence-corrected chi connectivity index (χ1v) is 8.80. The van der Waals surface area contributed by atoms with Crippen molar-refractivity contribution in [2.75, 3.05) is 11.7 Å². The third-order valence-corrected chi connectivity index (χ3v) is 4.39. The molecule has 0 atom stereocenters. The van der Waals surface area contributed by atoms with Crippen LogP contribution in [-0.2, 0) is 0 Å². The number of nitrogens with zero attached hydrogens (tertiary/aromatic N) is 3. The zero-order valence-corrected chi connectivity index (χ0v) is 15.0. The van der Waals surface area contributed by atoms with Crippen molar-refractivity contribution in [3.05, 3.63) is 52.0 Å². The summed E-state index contributed by atoms with van der Waals surface area (Å²) >= 11 is 13.4. The van der Waals surface area contributed by atoms with Crippen LogP contribution in [-0.4, -0.2) is 27.0 Å². The minimum absolute atomic E-state index is 0.149. The van der Waals surface area contributed by atoms with Gasteiger partial charge in [-0.3, -0.25) is 10.2 Å². The first-order chi connectivity index (χ1) is 11.5. The van der Waals surface area contributed by atoms with E-state index in [1.165, 1.54) is 16.4 Å². The van der Waals surface area contributed by atoms with Crippen LogP contribution in [0.2, 0.25) is 10.0 Å². The van der Waals surface area contributed by atoms with Crippen LogP contribution in [0.5, 0.6) is 0 Å². The smallest absolute Gasteiger partial charge is 0.305 e. The van der Waals surface area contributed by atoms with Crippen molar-refractivity contribution < 1.29 is 9.21 Å². The Kier molecular flexibility index (Phi) is 4.84. The quantitative estimate of drug-likeness (QED) is 0.682. The van der Waals surface area contributed by atoms with E-state index < -0.39 is 5.91 Å². The highest BCUT2D eigenvalue weighted by Crippen LogP contribution is 2.31. The standard InChI is InChI=1S/C15H12Cl2N4O2S/c1-8-18-19-15(24-2)21(8)20-14(22)13-6-5-12(23-13)10-4-3-9(16)7-11(10)17/h3-7H,1-2H3,(H,20,22). The molecule has 24 heavy (non-hydrogen) atoms. The number of halogens is 2. The average Bonchev–Trinajstić information content (AvgIpc) is 3.15. The Morgan fingerprint density at radius 2 is 2.04 bits per heavy atom. The van der Waals surface area contributed by atoms with Crippen LogP contribution in [0.3, 0.4) is 0 Å². The number of amides is 1. The second-order valence-electron chi connectivity index (χ2n) is 4.80. The third-order valence-electron chi connectivity index (χ3n) is 3.22. The number of aromatic nitrogens is 3. The molecular formula is C15H12Cl2N4O2S. The first-order valence-electron chi connectivity index (χ1n) is 6.82. The van der Waals surface area contributed by atoms with Gasteiger partial charge in [0.2, 0.25) is 5.16 Å². The van der Waals surface area contributed by atoms with E-state index in [2.05, 4.69) is 15.6 Å². The van der Waals surface area contributed by atoms with E-state index in [-0.39, 0.29) is 5.76 Å². The van der Waals surface area contributed by atoms with Gasteiger partial charge in [0, 0.05) is 10.6 Å². The number of carbonyl (C=O) groups is 1. The molecule has 2 heterocycles. The van der Waals surface area contributed by atoms with E-state index in [0.29, 0.717) is 32.3 Å². The van der Waals surface area contributed by atoms with Crippen LogP contribution >= 0.6 is 35.0 Å². The highest BCUT2D eigenvalue weighted by Gasteiger charge is 2.17. The van der Waals surface area contributed by atoms with E-state index >= 15 is 0 Å². The predicted octanol–water partition coefficient (Wildman–Crippen LogP) is 4.26. The second-order valence-corrected chi connectivity index (χ2v) is 6.42. The Labute approximate surface area is 152 Å². The second kappa shape index (κ2) is 6.88. The van der Waals surface area contributed by atoms with E-state index in [9.17, 15) is 4.79 Å². The minimum atomic E-state index is -0.412. The molecule has 0 aliphatic heterocycles. The van der Waals surface area contributed by atoms with Gasteiger partial charge in [0.15, 0.2) is 5.76 Å². The van der Waals surface area contributed by atoms with Gasteiger partial charge in [-0.25, -0.2) is 4.68 Å². The number of aryl methyl sites for hydroxylation is 1. The molecule has 1 aromatic carbocycles. The van der Waals surface area contributed by atoms with Gasteiger partial charge in [-0.1, -0.05) is 35.0 Å². The molecule has 0 aliphatic rings. The molecule has 3 aromatic rings. The summed E-state index contributed by atoms with van der Waals surface area (Å²) in [5.41, 5.74) is 3.36. The fourth-order valence-corrected chi connectivity index (χ4v) is 3.04. The Balaban J connectivity index is 1.85. The maximum absolute atomic E-state index is 12.4. The molecule has 0 fully saturated rings. The molecular weight excluding hydrogens is 371 g/mol. The van der Waals surface area contributed by atoms with Gasteiger partial charge in [0.25, 0.3) is 0 Å². The van der Waals surface area contributed by atoms with Crippen molar-refractivity contribution in [2.24, 2.45) is 0 Å². The maximum Gasteiger partial charge on any atom is 0.305 e. The van der Waals surface area contributed by atoms with E-state index in [0.717, 1.165) is 0 Å². The highest BCUT2D eigenvalue weighted by molar-refractivity contribution is 7.98. The molecule has 2 aromatic heterocycles. The molecule has 1 N–H and O–H groups in total. The molecule has 3 rings (SSSR count). The Morgan fingerprint density at radius 3 is 2.75 bits per heavy atom. The summed E-state index contributed by atoms with van der Waals surface area (Å²) in [6, 6.07) is 8.32. The van der Waals surface area contributed by atoms with Gasteiger partial charge in [-0.15, -0.1) is 10.2 Å². The van der Waals surface area contributed by atoms with Gasteiger partial charge in [-0.2, -0.15) is 0 Å². The maximum atomic E-state index is 12.4. The number of thioether (sulfide) groups is 1. The number of benzene rings is 1. The number of furan rings is 1. The molecule has 6 nitrogen and oxygen atoms in total. The largest absolute Gasteiger partial charge is 0.451 e. The zero-order chi connectivity index (χ0) is 17.3.